The molecule has 3 aromatic heterocycles. The van der Waals surface area contributed by atoms with Gasteiger partial charge in [-0.3, -0.25) is 15.4 Å². The summed E-state index contributed by atoms with van der Waals surface area (Å²) in [6.45, 7) is 4.20. The van der Waals surface area contributed by atoms with Crippen LogP contribution in [0.3, 0.4) is 0 Å². The number of nitrogens with zero attached hydrogens (tertiary/aromatic N) is 5. The van der Waals surface area contributed by atoms with E-state index >= 15 is 0 Å². The zero-order chi connectivity index (χ0) is 16.9. The van der Waals surface area contributed by atoms with Crippen LogP contribution in [0.1, 0.15) is 25.7 Å². The Morgan fingerprint density at radius 3 is 2.92 bits per heavy atom. The number of hydrogen-bond acceptors (Lipinski definition) is 5. The molecule has 124 valence electrons. The summed E-state index contributed by atoms with van der Waals surface area (Å²) in [7, 11) is 0. The van der Waals surface area contributed by atoms with Crippen LogP contribution in [0.4, 0.5) is 10.6 Å². The van der Waals surface area contributed by atoms with Crippen LogP contribution in [-0.2, 0) is 6.54 Å². The van der Waals surface area contributed by atoms with Gasteiger partial charge in [-0.05, 0) is 26.0 Å². The van der Waals surface area contributed by atoms with Gasteiger partial charge in [0.1, 0.15) is 17.3 Å². The fourth-order valence-corrected chi connectivity index (χ4v) is 2.13. The predicted octanol–water partition coefficient (Wildman–Crippen LogP) is 1.97. The third-order valence-corrected chi connectivity index (χ3v) is 3.24. The molecule has 0 bridgehead atoms. The molecule has 0 radical (unpaired) electrons. The van der Waals surface area contributed by atoms with Gasteiger partial charge < -0.3 is 5.32 Å². The highest BCUT2D eigenvalue weighted by molar-refractivity contribution is 5.88. The second kappa shape index (κ2) is 6.90. The number of anilines is 1. The highest BCUT2D eigenvalue weighted by atomic mass is 16.2. The van der Waals surface area contributed by atoms with E-state index in [1.165, 1.54) is 0 Å². The van der Waals surface area contributed by atoms with E-state index in [0.29, 0.717) is 23.2 Å². The number of carbonyl (C=O) groups is 1. The summed E-state index contributed by atoms with van der Waals surface area (Å²) in [6.07, 6.45) is 3.32. The van der Waals surface area contributed by atoms with Crippen molar-refractivity contribution in [3.63, 3.8) is 0 Å². The van der Waals surface area contributed by atoms with Gasteiger partial charge in [0, 0.05) is 18.3 Å². The Bertz CT molecular complexity index is 808. The maximum atomic E-state index is 12.0. The van der Waals surface area contributed by atoms with Crippen LogP contribution in [0, 0.1) is 0 Å². The lowest BCUT2D eigenvalue weighted by Gasteiger charge is -2.11. The summed E-state index contributed by atoms with van der Waals surface area (Å²) >= 11 is 0. The molecule has 0 aliphatic carbocycles. The molecule has 3 heterocycles. The number of aromatic amines is 1. The van der Waals surface area contributed by atoms with Crippen LogP contribution in [0.25, 0.3) is 11.5 Å². The minimum absolute atomic E-state index is 0.158. The molecule has 3 aromatic rings. The lowest BCUT2D eigenvalue weighted by molar-refractivity contribution is 0.251. The van der Waals surface area contributed by atoms with Crippen molar-refractivity contribution in [2.75, 3.05) is 5.32 Å². The van der Waals surface area contributed by atoms with E-state index in [0.717, 1.165) is 0 Å². The minimum atomic E-state index is -0.340. The van der Waals surface area contributed by atoms with E-state index in [9.17, 15) is 4.79 Å². The number of rotatable bonds is 5. The quantitative estimate of drug-likeness (QED) is 0.663. The fraction of sp³-hybridized carbons (Fsp3) is 0.267. The maximum Gasteiger partial charge on any atom is 0.320 e. The minimum Gasteiger partial charge on any atom is -0.331 e. The summed E-state index contributed by atoms with van der Waals surface area (Å²) in [4.78, 5) is 20.5. The third kappa shape index (κ3) is 3.57. The van der Waals surface area contributed by atoms with Crippen LogP contribution in [0.15, 0.2) is 36.7 Å². The molecular weight excluding hydrogens is 308 g/mol. The molecule has 2 amide bonds. The predicted molar refractivity (Wildman–Crippen MR) is 88.1 cm³/mol. The van der Waals surface area contributed by atoms with Crippen LogP contribution in [-0.4, -0.2) is 36.0 Å². The molecule has 0 atom stereocenters. The van der Waals surface area contributed by atoms with Crippen LogP contribution >= 0.6 is 0 Å². The SMILES string of the molecule is CC(C)n1nccc1NC(=O)NCc1nc(-c2ccccn2)n[nH]1. The Morgan fingerprint density at radius 2 is 2.17 bits per heavy atom. The number of amides is 2. The number of nitrogens with one attached hydrogen (secondary N) is 3. The lowest BCUT2D eigenvalue weighted by atomic mass is 10.3. The molecule has 24 heavy (non-hydrogen) atoms. The second-order valence-corrected chi connectivity index (χ2v) is 5.38. The molecule has 3 N–H and O–H groups in total. The molecule has 0 saturated heterocycles. The van der Waals surface area contributed by atoms with Gasteiger partial charge in [0.2, 0.25) is 0 Å². The van der Waals surface area contributed by atoms with Crippen molar-refractivity contribution >= 4 is 11.8 Å². The monoisotopic (exact) mass is 326 g/mol. The largest absolute Gasteiger partial charge is 0.331 e. The van der Waals surface area contributed by atoms with E-state index in [-0.39, 0.29) is 18.6 Å². The number of aromatic nitrogens is 6. The molecule has 0 aromatic carbocycles. The normalized spacial score (nSPS) is 10.8. The van der Waals surface area contributed by atoms with Crippen molar-refractivity contribution in [1.82, 2.24) is 35.3 Å². The Labute approximate surface area is 138 Å². The Kier molecular flexibility index (Phi) is 4.50. The van der Waals surface area contributed by atoms with Gasteiger partial charge in [-0.15, -0.1) is 0 Å². The fourth-order valence-electron chi connectivity index (χ4n) is 2.13. The number of hydrogen-bond donors (Lipinski definition) is 3. The van der Waals surface area contributed by atoms with E-state index in [4.69, 9.17) is 0 Å². The average molecular weight is 326 g/mol. The lowest BCUT2D eigenvalue weighted by Crippen LogP contribution is -2.29. The first-order chi connectivity index (χ1) is 11.6. The molecule has 0 unspecified atom stereocenters. The maximum absolute atomic E-state index is 12.0. The van der Waals surface area contributed by atoms with Gasteiger partial charge in [0.05, 0.1) is 12.7 Å². The summed E-state index contributed by atoms with van der Waals surface area (Å²) < 4.78 is 1.73. The van der Waals surface area contributed by atoms with Crippen LogP contribution in [0.5, 0.6) is 0 Å². The molecule has 9 nitrogen and oxygen atoms in total. The first kappa shape index (κ1) is 15.7. The molecule has 0 spiro atoms. The molecule has 3 rings (SSSR count). The van der Waals surface area contributed by atoms with Crippen molar-refractivity contribution in [2.24, 2.45) is 0 Å². The van der Waals surface area contributed by atoms with Gasteiger partial charge >= 0.3 is 6.03 Å². The van der Waals surface area contributed by atoms with Gasteiger partial charge in [0.15, 0.2) is 5.82 Å². The van der Waals surface area contributed by atoms with Crippen LogP contribution in [0.2, 0.25) is 0 Å². The van der Waals surface area contributed by atoms with Crippen molar-refractivity contribution in [1.29, 1.82) is 0 Å². The van der Waals surface area contributed by atoms with Crippen molar-refractivity contribution in [3.05, 3.63) is 42.5 Å². The Balaban J connectivity index is 1.57. The standard InChI is InChI=1S/C15H18N8O/c1-10(2)23-13(6-8-18-23)20-15(24)17-9-12-19-14(22-21-12)11-5-3-4-7-16-11/h3-8,10H,9H2,1-2H3,(H2,17,20,24)(H,19,21,22). The smallest absolute Gasteiger partial charge is 0.320 e. The van der Waals surface area contributed by atoms with Gasteiger partial charge in [0.25, 0.3) is 0 Å². The van der Waals surface area contributed by atoms with E-state index < -0.39 is 0 Å². The first-order valence-corrected chi connectivity index (χ1v) is 7.54. The summed E-state index contributed by atoms with van der Waals surface area (Å²) in [6, 6.07) is 7.07. The first-order valence-electron chi connectivity index (χ1n) is 7.54. The molecule has 0 saturated carbocycles. The molecule has 0 aliphatic rings. The number of H-pyrrole nitrogens is 1. The molecular formula is C15H18N8O. The summed E-state index contributed by atoms with van der Waals surface area (Å²) in [5.41, 5.74) is 0.672. The van der Waals surface area contributed by atoms with Crippen LogP contribution < -0.4 is 10.6 Å². The van der Waals surface area contributed by atoms with Crippen molar-refractivity contribution in [3.8, 4) is 11.5 Å². The van der Waals surface area contributed by atoms with E-state index in [1.54, 1.807) is 23.1 Å². The Hall–Kier alpha value is -3.23. The highest BCUT2D eigenvalue weighted by Crippen LogP contribution is 2.13. The molecule has 9 heteroatoms. The zero-order valence-electron chi connectivity index (χ0n) is 13.4. The van der Waals surface area contributed by atoms with E-state index in [2.05, 4.69) is 35.9 Å². The number of urea groups is 1. The van der Waals surface area contributed by atoms with Crippen molar-refractivity contribution < 1.29 is 4.79 Å². The van der Waals surface area contributed by atoms with Gasteiger partial charge in [-0.2, -0.15) is 10.2 Å². The average Bonchev–Trinajstić information content (AvgIpc) is 3.23. The van der Waals surface area contributed by atoms with Crippen molar-refractivity contribution in [2.45, 2.75) is 26.4 Å². The topological polar surface area (TPSA) is 113 Å². The van der Waals surface area contributed by atoms with E-state index in [1.807, 2.05) is 32.0 Å². The summed E-state index contributed by atoms with van der Waals surface area (Å²) in [5.74, 6) is 1.67. The summed E-state index contributed by atoms with van der Waals surface area (Å²) in [5, 5.41) is 16.5. The number of pyridine rings is 1. The third-order valence-electron chi connectivity index (χ3n) is 3.24. The zero-order valence-corrected chi connectivity index (χ0v) is 13.4. The Morgan fingerprint density at radius 1 is 1.29 bits per heavy atom. The molecule has 0 aliphatic heterocycles. The molecule has 0 fully saturated rings. The second-order valence-electron chi connectivity index (χ2n) is 5.38. The number of carbonyl (C=O) groups excluding carboxylic acids is 1. The highest BCUT2D eigenvalue weighted by Gasteiger charge is 2.11. The van der Waals surface area contributed by atoms with Gasteiger partial charge in [-0.25, -0.2) is 14.5 Å². The van der Waals surface area contributed by atoms with Gasteiger partial charge in [-0.1, -0.05) is 6.07 Å².